The first-order chi connectivity index (χ1) is 9.47. The van der Waals surface area contributed by atoms with Gasteiger partial charge in [0.1, 0.15) is 5.01 Å². The van der Waals surface area contributed by atoms with Gasteiger partial charge in [-0.15, -0.1) is 11.3 Å². The minimum Gasteiger partial charge on any atom is -0.397 e. The van der Waals surface area contributed by atoms with E-state index in [-0.39, 0.29) is 5.91 Å². The Labute approximate surface area is 122 Å². The molecule has 2 rings (SSSR count). The average Bonchev–Trinajstić information content (AvgIpc) is 2.82. The molecule has 0 aliphatic heterocycles. The molecule has 1 heterocycles. The number of carbonyl (C=O) groups excluding carboxylic acids is 1. The molecule has 0 fully saturated rings. The molecule has 0 unspecified atom stereocenters. The van der Waals surface area contributed by atoms with Crippen LogP contribution < -0.4 is 11.1 Å². The molecule has 106 valence electrons. The molecule has 6 heteroatoms. The van der Waals surface area contributed by atoms with E-state index in [1.54, 1.807) is 48.5 Å². The highest BCUT2D eigenvalue weighted by molar-refractivity contribution is 7.09. The number of aromatic nitrogens is 1. The van der Waals surface area contributed by atoms with Crippen molar-refractivity contribution in [1.29, 1.82) is 0 Å². The zero-order valence-corrected chi connectivity index (χ0v) is 12.6. The van der Waals surface area contributed by atoms with Crippen molar-refractivity contribution in [2.75, 3.05) is 25.1 Å². The zero-order chi connectivity index (χ0) is 14.7. The number of nitrogen functional groups attached to an aromatic ring is 1. The number of amides is 1. The number of nitrogens with two attached hydrogens (primary N) is 1. The molecule has 0 radical (unpaired) electrons. The number of carbonyl (C=O) groups is 1. The summed E-state index contributed by atoms with van der Waals surface area (Å²) in [6, 6.07) is 5.25. The van der Waals surface area contributed by atoms with Gasteiger partial charge in [-0.2, -0.15) is 0 Å². The number of benzene rings is 1. The van der Waals surface area contributed by atoms with Gasteiger partial charge in [0.2, 0.25) is 0 Å². The summed E-state index contributed by atoms with van der Waals surface area (Å²) in [6.45, 7) is 2.56. The van der Waals surface area contributed by atoms with Crippen LogP contribution in [0.25, 0.3) is 0 Å². The molecule has 0 bridgehead atoms. The normalized spacial score (nSPS) is 10.3. The second kappa shape index (κ2) is 5.92. The fourth-order valence-corrected chi connectivity index (χ4v) is 2.47. The van der Waals surface area contributed by atoms with Crippen molar-refractivity contribution in [2.24, 2.45) is 0 Å². The van der Waals surface area contributed by atoms with Crippen molar-refractivity contribution >= 4 is 28.6 Å². The standard InChI is InChI=1S/C14H18N4OS/c1-9-8-20-13(17-9)7-16-12-6-10(4-5-11(12)15)14(19)18(2)3/h4-6,8,16H,7,15H2,1-3H3. The van der Waals surface area contributed by atoms with Crippen LogP contribution in [0.1, 0.15) is 21.1 Å². The van der Waals surface area contributed by atoms with Crippen molar-refractivity contribution in [3.05, 3.63) is 39.8 Å². The molecule has 5 nitrogen and oxygen atoms in total. The minimum atomic E-state index is -0.0434. The fourth-order valence-electron chi connectivity index (χ4n) is 1.76. The number of aryl methyl sites for hydroxylation is 1. The lowest BCUT2D eigenvalue weighted by Crippen LogP contribution is -2.21. The zero-order valence-electron chi connectivity index (χ0n) is 11.8. The Morgan fingerprint density at radius 2 is 2.20 bits per heavy atom. The number of thiazole rings is 1. The summed E-state index contributed by atoms with van der Waals surface area (Å²) in [5, 5.41) is 6.23. The van der Waals surface area contributed by atoms with Crippen LogP contribution in [0.2, 0.25) is 0 Å². The molecule has 0 saturated carbocycles. The average molecular weight is 290 g/mol. The van der Waals surface area contributed by atoms with E-state index in [0.29, 0.717) is 17.8 Å². The van der Waals surface area contributed by atoms with E-state index in [1.165, 1.54) is 0 Å². The van der Waals surface area contributed by atoms with Crippen molar-refractivity contribution in [2.45, 2.75) is 13.5 Å². The van der Waals surface area contributed by atoms with Gasteiger partial charge in [-0.3, -0.25) is 4.79 Å². The number of nitrogens with one attached hydrogen (secondary N) is 1. The summed E-state index contributed by atoms with van der Waals surface area (Å²) in [7, 11) is 3.45. The number of nitrogens with zero attached hydrogens (tertiary/aromatic N) is 2. The van der Waals surface area contributed by atoms with Crippen LogP contribution >= 0.6 is 11.3 Å². The van der Waals surface area contributed by atoms with Crippen LogP contribution in [-0.2, 0) is 6.54 Å². The molecule has 2 aromatic rings. The van der Waals surface area contributed by atoms with Gasteiger partial charge in [-0.1, -0.05) is 0 Å². The highest BCUT2D eigenvalue weighted by Gasteiger charge is 2.10. The van der Waals surface area contributed by atoms with E-state index in [0.717, 1.165) is 16.4 Å². The van der Waals surface area contributed by atoms with Gasteiger partial charge in [0.15, 0.2) is 0 Å². The molecule has 0 aliphatic rings. The predicted octanol–water partition coefficient (Wildman–Crippen LogP) is 2.35. The van der Waals surface area contributed by atoms with E-state index in [4.69, 9.17) is 5.73 Å². The number of anilines is 2. The second-order valence-corrected chi connectivity index (χ2v) is 5.68. The van der Waals surface area contributed by atoms with Crippen LogP contribution in [0.15, 0.2) is 23.6 Å². The third-order valence-electron chi connectivity index (χ3n) is 2.80. The molecule has 3 N–H and O–H groups in total. The molecule has 1 amide bonds. The summed E-state index contributed by atoms with van der Waals surface area (Å²) in [4.78, 5) is 17.9. The quantitative estimate of drug-likeness (QED) is 0.848. The monoisotopic (exact) mass is 290 g/mol. The maximum Gasteiger partial charge on any atom is 0.253 e. The van der Waals surface area contributed by atoms with Crippen LogP contribution in [-0.4, -0.2) is 29.9 Å². The van der Waals surface area contributed by atoms with Gasteiger partial charge in [-0.25, -0.2) is 4.98 Å². The van der Waals surface area contributed by atoms with Gasteiger partial charge >= 0.3 is 0 Å². The maximum atomic E-state index is 11.9. The van der Waals surface area contributed by atoms with Crippen molar-refractivity contribution < 1.29 is 4.79 Å². The van der Waals surface area contributed by atoms with Crippen LogP contribution in [0.4, 0.5) is 11.4 Å². The highest BCUT2D eigenvalue weighted by Crippen LogP contribution is 2.22. The number of hydrogen-bond donors (Lipinski definition) is 2. The van der Waals surface area contributed by atoms with Gasteiger partial charge < -0.3 is 16.0 Å². The van der Waals surface area contributed by atoms with Crippen LogP contribution in [0.3, 0.4) is 0 Å². The molecular weight excluding hydrogens is 272 g/mol. The molecule has 1 aromatic heterocycles. The third-order valence-corrected chi connectivity index (χ3v) is 3.77. The smallest absolute Gasteiger partial charge is 0.253 e. The molecule has 0 atom stereocenters. The van der Waals surface area contributed by atoms with Gasteiger partial charge in [0.05, 0.1) is 17.9 Å². The molecule has 20 heavy (non-hydrogen) atoms. The summed E-state index contributed by atoms with van der Waals surface area (Å²) < 4.78 is 0. The molecule has 0 spiro atoms. The van der Waals surface area contributed by atoms with Gasteiger partial charge in [0.25, 0.3) is 5.91 Å². The van der Waals surface area contributed by atoms with Gasteiger partial charge in [0, 0.05) is 30.7 Å². The second-order valence-electron chi connectivity index (χ2n) is 4.74. The SMILES string of the molecule is Cc1csc(CNc2cc(C(=O)N(C)C)ccc2N)n1. The lowest BCUT2D eigenvalue weighted by Gasteiger charge is -2.13. The molecule has 0 aliphatic carbocycles. The Hall–Kier alpha value is -2.08. The fraction of sp³-hybridized carbons (Fsp3) is 0.286. The first kappa shape index (κ1) is 14.3. The Balaban J connectivity index is 2.14. The van der Waals surface area contributed by atoms with Crippen molar-refractivity contribution in [1.82, 2.24) is 9.88 Å². The lowest BCUT2D eigenvalue weighted by molar-refractivity contribution is 0.0827. The third kappa shape index (κ3) is 3.27. The van der Waals surface area contributed by atoms with Crippen LogP contribution in [0.5, 0.6) is 0 Å². The van der Waals surface area contributed by atoms with E-state index in [2.05, 4.69) is 10.3 Å². The minimum absolute atomic E-state index is 0.0434. The van der Waals surface area contributed by atoms with Crippen molar-refractivity contribution in [3.8, 4) is 0 Å². The largest absolute Gasteiger partial charge is 0.397 e. The number of hydrogen-bond acceptors (Lipinski definition) is 5. The Morgan fingerprint density at radius 1 is 1.45 bits per heavy atom. The van der Waals surface area contributed by atoms with E-state index >= 15 is 0 Å². The van der Waals surface area contributed by atoms with Crippen molar-refractivity contribution in [3.63, 3.8) is 0 Å². The Kier molecular flexibility index (Phi) is 4.24. The highest BCUT2D eigenvalue weighted by atomic mass is 32.1. The Bertz CT molecular complexity index is 621. The first-order valence-electron chi connectivity index (χ1n) is 6.23. The molecule has 1 aromatic carbocycles. The molecule has 0 saturated heterocycles. The predicted molar refractivity (Wildman–Crippen MR) is 83.0 cm³/mol. The first-order valence-corrected chi connectivity index (χ1v) is 7.11. The Morgan fingerprint density at radius 3 is 2.80 bits per heavy atom. The van der Waals surface area contributed by atoms with E-state index < -0.39 is 0 Å². The summed E-state index contributed by atoms with van der Waals surface area (Å²) in [5.74, 6) is -0.0434. The lowest BCUT2D eigenvalue weighted by atomic mass is 10.1. The summed E-state index contributed by atoms with van der Waals surface area (Å²) >= 11 is 1.60. The molecular formula is C14H18N4OS. The summed E-state index contributed by atoms with van der Waals surface area (Å²) in [6.07, 6.45) is 0. The summed E-state index contributed by atoms with van der Waals surface area (Å²) in [5.41, 5.74) is 8.93. The van der Waals surface area contributed by atoms with Gasteiger partial charge in [-0.05, 0) is 25.1 Å². The van der Waals surface area contributed by atoms with E-state index in [1.807, 2.05) is 12.3 Å². The number of rotatable bonds is 4. The van der Waals surface area contributed by atoms with E-state index in [9.17, 15) is 4.79 Å². The maximum absolute atomic E-state index is 11.9. The topological polar surface area (TPSA) is 71.2 Å². The van der Waals surface area contributed by atoms with Crippen LogP contribution in [0, 0.1) is 6.92 Å².